The highest BCUT2D eigenvalue weighted by atomic mass is 16.6. The second-order valence-electron chi connectivity index (χ2n) is 5.17. The smallest absolute Gasteiger partial charge is 0.408 e. The van der Waals surface area contributed by atoms with Crippen molar-refractivity contribution in [2.45, 2.75) is 52.4 Å². The second-order valence-corrected chi connectivity index (χ2v) is 5.17. The quantitative estimate of drug-likeness (QED) is 0.673. The number of aliphatic hydroxyl groups excluding tert-OH is 2. The molecule has 0 heterocycles. The number of alkyl carbamates (subject to hydrolysis) is 1. The molecule has 0 rings (SSSR count). The van der Waals surface area contributed by atoms with E-state index in [-0.39, 0.29) is 12.5 Å². The first-order chi connectivity index (χ1) is 7.17. The summed E-state index contributed by atoms with van der Waals surface area (Å²) >= 11 is 0. The normalized spacial score (nSPS) is 15.8. The maximum Gasteiger partial charge on any atom is 0.408 e. The van der Waals surface area contributed by atoms with E-state index in [9.17, 15) is 9.90 Å². The summed E-state index contributed by atoms with van der Waals surface area (Å²) in [6.45, 7) is 8.55. The maximum absolute atomic E-state index is 11.4. The molecule has 0 spiro atoms. The van der Waals surface area contributed by atoms with Crippen LogP contribution in [0, 0.1) is 5.92 Å². The predicted molar refractivity (Wildman–Crippen MR) is 61.1 cm³/mol. The Hall–Kier alpha value is -0.810. The number of rotatable bonds is 4. The van der Waals surface area contributed by atoms with Gasteiger partial charge in [0.15, 0.2) is 0 Å². The summed E-state index contributed by atoms with van der Waals surface area (Å²) in [5.41, 5.74) is -0.590. The van der Waals surface area contributed by atoms with Crippen molar-refractivity contribution in [3.63, 3.8) is 0 Å². The number of aliphatic hydroxyl groups is 2. The largest absolute Gasteiger partial charge is 0.444 e. The number of amides is 1. The SMILES string of the molecule is CC(C)[C@H](O)[C@@H](CO)NC(=O)OC(C)(C)C. The minimum absolute atomic E-state index is 0.0490. The third kappa shape index (κ3) is 5.92. The zero-order chi connectivity index (χ0) is 12.9. The van der Waals surface area contributed by atoms with Gasteiger partial charge in [-0.2, -0.15) is 0 Å². The van der Waals surface area contributed by atoms with Crippen LogP contribution >= 0.6 is 0 Å². The molecule has 0 radical (unpaired) electrons. The van der Waals surface area contributed by atoms with E-state index < -0.39 is 23.8 Å². The molecule has 0 aromatic heterocycles. The van der Waals surface area contributed by atoms with E-state index in [1.54, 1.807) is 20.8 Å². The minimum atomic E-state index is -0.794. The molecule has 0 saturated heterocycles. The van der Waals surface area contributed by atoms with Gasteiger partial charge in [0.05, 0.1) is 18.8 Å². The second kappa shape index (κ2) is 6.06. The van der Waals surface area contributed by atoms with Crippen LogP contribution in [0.25, 0.3) is 0 Å². The van der Waals surface area contributed by atoms with E-state index in [2.05, 4.69) is 5.32 Å². The number of carbonyl (C=O) groups is 1. The minimum Gasteiger partial charge on any atom is -0.444 e. The molecule has 0 aromatic carbocycles. The van der Waals surface area contributed by atoms with Crippen molar-refractivity contribution in [1.29, 1.82) is 0 Å². The molecule has 0 fully saturated rings. The Morgan fingerprint density at radius 2 is 1.88 bits per heavy atom. The number of hydrogen-bond donors (Lipinski definition) is 3. The highest BCUT2D eigenvalue weighted by Crippen LogP contribution is 2.09. The van der Waals surface area contributed by atoms with Crippen molar-refractivity contribution >= 4 is 6.09 Å². The van der Waals surface area contributed by atoms with Crippen LogP contribution in [-0.2, 0) is 4.74 Å². The Balaban J connectivity index is 4.28. The average molecular weight is 233 g/mol. The van der Waals surface area contributed by atoms with Crippen LogP contribution in [0.2, 0.25) is 0 Å². The zero-order valence-electron chi connectivity index (χ0n) is 10.7. The van der Waals surface area contributed by atoms with Crippen molar-refractivity contribution in [3.05, 3.63) is 0 Å². The lowest BCUT2D eigenvalue weighted by Gasteiger charge is -2.27. The number of nitrogens with one attached hydrogen (secondary N) is 1. The first kappa shape index (κ1) is 15.2. The molecule has 1 amide bonds. The topological polar surface area (TPSA) is 78.8 Å². The van der Waals surface area contributed by atoms with Crippen LogP contribution in [0.1, 0.15) is 34.6 Å². The van der Waals surface area contributed by atoms with Crippen LogP contribution in [0.4, 0.5) is 4.79 Å². The fourth-order valence-corrected chi connectivity index (χ4v) is 1.16. The molecule has 16 heavy (non-hydrogen) atoms. The molecule has 2 atom stereocenters. The lowest BCUT2D eigenvalue weighted by atomic mass is 10.0. The molecular formula is C11H23NO4. The van der Waals surface area contributed by atoms with Crippen LogP contribution in [-0.4, -0.2) is 40.7 Å². The van der Waals surface area contributed by atoms with Crippen LogP contribution in [0.15, 0.2) is 0 Å². The average Bonchev–Trinajstić information content (AvgIpc) is 2.09. The van der Waals surface area contributed by atoms with E-state index in [0.717, 1.165) is 0 Å². The number of hydrogen-bond acceptors (Lipinski definition) is 4. The highest BCUT2D eigenvalue weighted by molar-refractivity contribution is 5.68. The van der Waals surface area contributed by atoms with E-state index >= 15 is 0 Å². The first-order valence-corrected chi connectivity index (χ1v) is 5.46. The molecule has 5 nitrogen and oxygen atoms in total. The fourth-order valence-electron chi connectivity index (χ4n) is 1.16. The van der Waals surface area contributed by atoms with Crippen LogP contribution in [0.5, 0.6) is 0 Å². The summed E-state index contributed by atoms with van der Waals surface area (Å²) in [7, 11) is 0. The summed E-state index contributed by atoms with van der Waals surface area (Å²) in [6.07, 6.45) is -1.43. The number of carbonyl (C=O) groups excluding carboxylic acids is 1. The summed E-state index contributed by atoms with van der Waals surface area (Å²) in [4.78, 5) is 11.4. The van der Waals surface area contributed by atoms with E-state index in [1.165, 1.54) is 0 Å². The molecule has 0 bridgehead atoms. The van der Waals surface area contributed by atoms with Crippen LogP contribution < -0.4 is 5.32 Å². The Labute approximate surface area is 96.8 Å². The van der Waals surface area contributed by atoms with Gasteiger partial charge in [-0.25, -0.2) is 4.79 Å². The van der Waals surface area contributed by atoms with Gasteiger partial charge in [-0.3, -0.25) is 0 Å². The molecule has 0 aliphatic heterocycles. The molecule has 0 aliphatic rings. The third-order valence-electron chi connectivity index (χ3n) is 1.99. The van der Waals surface area contributed by atoms with Gasteiger partial charge in [0.25, 0.3) is 0 Å². The molecular weight excluding hydrogens is 210 g/mol. The summed E-state index contributed by atoms with van der Waals surface area (Å²) in [5.74, 6) is -0.0490. The summed E-state index contributed by atoms with van der Waals surface area (Å²) in [5, 5.41) is 21.2. The lowest BCUT2D eigenvalue weighted by Crippen LogP contribution is -2.49. The van der Waals surface area contributed by atoms with Crippen molar-refractivity contribution in [2.24, 2.45) is 5.92 Å². The molecule has 0 aliphatic carbocycles. The Kier molecular flexibility index (Phi) is 5.75. The van der Waals surface area contributed by atoms with Gasteiger partial charge >= 0.3 is 6.09 Å². The third-order valence-corrected chi connectivity index (χ3v) is 1.99. The van der Waals surface area contributed by atoms with Crippen molar-refractivity contribution in [2.75, 3.05) is 6.61 Å². The molecule has 5 heteroatoms. The van der Waals surface area contributed by atoms with E-state index in [1.807, 2.05) is 13.8 Å². The molecule has 0 aromatic rings. The number of ether oxygens (including phenoxy) is 1. The maximum atomic E-state index is 11.4. The summed E-state index contributed by atoms with van der Waals surface area (Å²) < 4.78 is 5.03. The zero-order valence-corrected chi connectivity index (χ0v) is 10.7. The van der Waals surface area contributed by atoms with Gasteiger partial charge in [0.1, 0.15) is 5.60 Å². The fraction of sp³-hybridized carbons (Fsp3) is 0.909. The van der Waals surface area contributed by atoms with Gasteiger partial charge in [0.2, 0.25) is 0 Å². The van der Waals surface area contributed by atoms with Crippen molar-refractivity contribution in [3.8, 4) is 0 Å². The van der Waals surface area contributed by atoms with Gasteiger partial charge in [-0.1, -0.05) is 13.8 Å². The van der Waals surface area contributed by atoms with E-state index in [0.29, 0.717) is 0 Å². The van der Waals surface area contributed by atoms with Crippen LogP contribution in [0.3, 0.4) is 0 Å². The molecule has 0 unspecified atom stereocenters. The standard InChI is InChI=1S/C11H23NO4/c1-7(2)9(14)8(6-13)12-10(15)16-11(3,4)5/h7-9,13-14H,6H2,1-5H3,(H,12,15)/t8-,9+/m1/s1. The first-order valence-electron chi connectivity index (χ1n) is 5.46. The van der Waals surface area contributed by atoms with Gasteiger partial charge in [-0.15, -0.1) is 0 Å². The predicted octanol–water partition coefficient (Wildman–Crippen LogP) is 0.889. The van der Waals surface area contributed by atoms with E-state index in [4.69, 9.17) is 9.84 Å². The molecule has 3 N–H and O–H groups in total. The monoisotopic (exact) mass is 233 g/mol. The van der Waals surface area contributed by atoms with Gasteiger partial charge in [0, 0.05) is 0 Å². The molecule has 96 valence electrons. The lowest BCUT2D eigenvalue weighted by molar-refractivity contribution is 0.0253. The summed E-state index contributed by atoms with van der Waals surface area (Å²) in [6, 6.07) is -0.699. The highest BCUT2D eigenvalue weighted by Gasteiger charge is 2.25. The Morgan fingerprint density at radius 1 is 1.38 bits per heavy atom. The van der Waals surface area contributed by atoms with Crippen molar-refractivity contribution in [1.82, 2.24) is 5.32 Å². The Bertz CT molecular complexity index is 223. The molecule has 0 saturated carbocycles. The Morgan fingerprint density at radius 3 is 2.19 bits per heavy atom. The van der Waals surface area contributed by atoms with Crippen molar-refractivity contribution < 1.29 is 19.7 Å². The van der Waals surface area contributed by atoms with Gasteiger partial charge < -0.3 is 20.3 Å². The van der Waals surface area contributed by atoms with Gasteiger partial charge in [-0.05, 0) is 26.7 Å².